The van der Waals surface area contributed by atoms with Crippen LogP contribution in [0.15, 0.2) is 34.3 Å². The molecule has 112 valence electrons. The van der Waals surface area contributed by atoms with Crippen molar-refractivity contribution in [3.8, 4) is 17.2 Å². The van der Waals surface area contributed by atoms with E-state index in [1.807, 2.05) is 12.1 Å². The summed E-state index contributed by atoms with van der Waals surface area (Å²) in [6.07, 6.45) is 1.48. The predicted octanol–water partition coefficient (Wildman–Crippen LogP) is 2.09. The molecule has 0 saturated carbocycles. The van der Waals surface area contributed by atoms with E-state index < -0.39 is 0 Å². The minimum Gasteiger partial charge on any atom is -0.493 e. The number of nitrogens with zero attached hydrogens (tertiary/aromatic N) is 1. The van der Waals surface area contributed by atoms with Crippen molar-refractivity contribution in [1.82, 2.24) is 9.97 Å². The van der Waals surface area contributed by atoms with Crippen molar-refractivity contribution in [2.45, 2.75) is 10.9 Å². The van der Waals surface area contributed by atoms with Crippen LogP contribution in [0.1, 0.15) is 5.56 Å². The highest BCUT2D eigenvalue weighted by molar-refractivity contribution is 7.98. The first-order valence-electron chi connectivity index (χ1n) is 6.15. The molecule has 6 nitrogen and oxygen atoms in total. The molecule has 0 bridgehead atoms. The van der Waals surface area contributed by atoms with E-state index in [9.17, 15) is 4.79 Å². The minimum atomic E-state index is -0.169. The number of H-pyrrole nitrogens is 1. The zero-order valence-corrected chi connectivity index (χ0v) is 12.8. The van der Waals surface area contributed by atoms with Crippen molar-refractivity contribution in [2.75, 3.05) is 21.3 Å². The Morgan fingerprint density at radius 3 is 2.33 bits per heavy atom. The van der Waals surface area contributed by atoms with Gasteiger partial charge in [0.2, 0.25) is 5.75 Å². The first kappa shape index (κ1) is 15.2. The number of benzene rings is 1. The van der Waals surface area contributed by atoms with Crippen LogP contribution >= 0.6 is 11.8 Å². The summed E-state index contributed by atoms with van der Waals surface area (Å²) in [6, 6.07) is 5.12. The Labute approximate surface area is 126 Å². The zero-order chi connectivity index (χ0) is 15.2. The van der Waals surface area contributed by atoms with E-state index in [4.69, 9.17) is 14.2 Å². The van der Waals surface area contributed by atoms with Crippen molar-refractivity contribution >= 4 is 11.8 Å². The van der Waals surface area contributed by atoms with Gasteiger partial charge in [-0.15, -0.1) is 0 Å². The van der Waals surface area contributed by atoms with Gasteiger partial charge in [-0.2, -0.15) is 0 Å². The van der Waals surface area contributed by atoms with Gasteiger partial charge in [-0.25, -0.2) is 4.98 Å². The molecule has 0 unspecified atom stereocenters. The third-order valence-corrected chi connectivity index (χ3v) is 3.71. The number of rotatable bonds is 6. The van der Waals surface area contributed by atoms with Crippen LogP contribution in [0.2, 0.25) is 0 Å². The number of methoxy groups -OCH3 is 3. The van der Waals surface area contributed by atoms with Crippen molar-refractivity contribution in [2.24, 2.45) is 0 Å². The highest BCUT2D eigenvalue weighted by Crippen LogP contribution is 2.39. The van der Waals surface area contributed by atoms with Crippen LogP contribution in [-0.2, 0) is 5.75 Å². The molecule has 0 fully saturated rings. The monoisotopic (exact) mass is 308 g/mol. The van der Waals surface area contributed by atoms with Crippen LogP contribution in [0.4, 0.5) is 0 Å². The molecule has 0 radical (unpaired) electrons. The fraction of sp³-hybridized carbons (Fsp3) is 0.286. The summed E-state index contributed by atoms with van der Waals surface area (Å²) in [5, 5.41) is 0.566. The lowest BCUT2D eigenvalue weighted by Crippen LogP contribution is -2.05. The van der Waals surface area contributed by atoms with Crippen molar-refractivity contribution in [1.29, 1.82) is 0 Å². The smallest absolute Gasteiger partial charge is 0.251 e. The summed E-state index contributed by atoms with van der Waals surface area (Å²) in [4.78, 5) is 18.0. The van der Waals surface area contributed by atoms with Gasteiger partial charge in [-0.1, -0.05) is 11.8 Å². The van der Waals surface area contributed by atoms with Crippen LogP contribution in [0, 0.1) is 0 Å². The van der Waals surface area contributed by atoms with Gasteiger partial charge in [0.1, 0.15) is 0 Å². The quantitative estimate of drug-likeness (QED) is 0.650. The first-order chi connectivity index (χ1) is 10.2. The molecule has 0 aliphatic rings. The summed E-state index contributed by atoms with van der Waals surface area (Å²) >= 11 is 1.42. The van der Waals surface area contributed by atoms with Crippen LogP contribution in [0.3, 0.4) is 0 Å². The molecule has 0 aliphatic heterocycles. The van der Waals surface area contributed by atoms with Gasteiger partial charge in [0, 0.05) is 18.0 Å². The Kier molecular flexibility index (Phi) is 5.10. The van der Waals surface area contributed by atoms with Gasteiger partial charge < -0.3 is 19.2 Å². The van der Waals surface area contributed by atoms with Crippen LogP contribution < -0.4 is 19.8 Å². The third kappa shape index (κ3) is 3.69. The van der Waals surface area contributed by atoms with Gasteiger partial charge in [-0.05, 0) is 17.7 Å². The molecule has 0 aliphatic carbocycles. The Hall–Kier alpha value is -2.15. The molecule has 1 N–H and O–H groups in total. The molecule has 2 rings (SSSR count). The molecule has 1 heterocycles. The molecule has 7 heteroatoms. The van der Waals surface area contributed by atoms with Gasteiger partial charge in [-0.3, -0.25) is 4.79 Å². The van der Waals surface area contributed by atoms with Crippen LogP contribution in [0.25, 0.3) is 0 Å². The Balaban J connectivity index is 2.22. The van der Waals surface area contributed by atoms with Gasteiger partial charge in [0.05, 0.1) is 21.3 Å². The average molecular weight is 308 g/mol. The predicted molar refractivity (Wildman–Crippen MR) is 80.5 cm³/mol. The van der Waals surface area contributed by atoms with E-state index >= 15 is 0 Å². The molecule has 1 aromatic heterocycles. The van der Waals surface area contributed by atoms with Gasteiger partial charge in [0.15, 0.2) is 16.7 Å². The topological polar surface area (TPSA) is 73.4 Å². The maximum absolute atomic E-state index is 11.2. The summed E-state index contributed by atoms with van der Waals surface area (Å²) in [7, 11) is 4.71. The molecular formula is C14H16N2O4S. The van der Waals surface area contributed by atoms with Gasteiger partial charge >= 0.3 is 0 Å². The second kappa shape index (κ2) is 7.03. The number of aromatic nitrogens is 2. The molecule has 21 heavy (non-hydrogen) atoms. The average Bonchev–Trinajstić information content (AvgIpc) is 2.51. The lowest BCUT2D eigenvalue weighted by Gasteiger charge is -2.13. The lowest BCUT2D eigenvalue weighted by atomic mass is 10.2. The van der Waals surface area contributed by atoms with E-state index in [1.165, 1.54) is 24.0 Å². The largest absolute Gasteiger partial charge is 0.493 e. The van der Waals surface area contributed by atoms with E-state index in [0.29, 0.717) is 28.2 Å². The number of hydrogen-bond acceptors (Lipinski definition) is 6. The summed E-state index contributed by atoms with van der Waals surface area (Å²) in [5.74, 6) is 2.37. The fourth-order valence-electron chi connectivity index (χ4n) is 1.80. The Bertz CT molecular complexity index is 647. The van der Waals surface area contributed by atoms with E-state index in [0.717, 1.165) is 5.56 Å². The normalized spacial score (nSPS) is 10.2. The summed E-state index contributed by atoms with van der Waals surface area (Å²) in [5.41, 5.74) is 0.804. The molecule has 0 saturated heterocycles. The molecule has 2 aromatic rings. The number of ether oxygens (including phenoxy) is 3. The summed E-state index contributed by atoms with van der Waals surface area (Å²) < 4.78 is 15.9. The third-order valence-electron chi connectivity index (χ3n) is 2.75. The van der Waals surface area contributed by atoms with E-state index in [2.05, 4.69) is 9.97 Å². The summed E-state index contributed by atoms with van der Waals surface area (Å²) in [6.45, 7) is 0. The maximum atomic E-state index is 11.2. The molecular weight excluding hydrogens is 292 g/mol. The zero-order valence-electron chi connectivity index (χ0n) is 12.0. The van der Waals surface area contributed by atoms with Crippen LogP contribution in [0.5, 0.6) is 17.2 Å². The van der Waals surface area contributed by atoms with Gasteiger partial charge in [0.25, 0.3) is 5.56 Å². The molecule has 0 atom stereocenters. The Morgan fingerprint density at radius 1 is 1.14 bits per heavy atom. The lowest BCUT2D eigenvalue weighted by molar-refractivity contribution is 0.324. The number of hydrogen-bond donors (Lipinski definition) is 1. The second-order valence-corrected chi connectivity index (χ2v) is 5.03. The molecule has 0 amide bonds. The van der Waals surface area contributed by atoms with Crippen LogP contribution in [-0.4, -0.2) is 31.3 Å². The number of aromatic amines is 1. The SMILES string of the molecule is COc1cc(CSc2nccc(=O)[nH]2)cc(OC)c1OC. The number of thioether (sulfide) groups is 1. The number of nitrogens with one attached hydrogen (secondary N) is 1. The highest BCUT2D eigenvalue weighted by Gasteiger charge is 2.13. The van der Waals surface area contributed by atoms with Crippen molar-refractivity contribution in [3.63, 3.8) is 0 Å². The first-order valence-corrected chi connectivity index (χ1v) is 7.13. The van der Waals surface area contributed by atoms with E-state index in [-0.39, 0.29) is 5.56 Å². The standard InChI is InChI=1S/C14H16N2O4S/c1-18-10-6-9(7-11(19-2)13(10)20-3)8-21-14-15-5-4-12(17)16-14/h4-7H,8H2,1-3H3,(H,15,16,17). The fourth-order valence-corrected chi connectivity index (χ4v) is 2.57. The Morgan fingerprint density at radius 2 is 1.81 bits per heavy atom. The minimum absolute atomic E-state index is 0.169. The van der Waals surface area contributed by atoms with Crippen molar-refractivity contribution < 1.29 is 14.2 Å². The van der Waals surface area contributed by atoms with E-state index in [1.54, 1.807) is 21.3 Å². The van der Waals surface area contributed by atoms with Crippen molar-refractivity contribution in [3.05, 3.63) is 40.3 Å². The molecule has 0 spiro atoms. The molecule has 1 aromatic carbocycles. The second-order valence-electron chi connectivity index (χ2n) is 4.06. The maximum Gasteiger partial charge on any atom is 0.251 e. The highest BCUT2D eigenvalue weighted by atomic mass is 32.2.